The number of anilines is 1. The maximum atomic E-state index is 13.5. The third-order valence-corrected chi connectivity index (χ3v) is 7.28. The lowest BCUT2D eigenvalue weighted by Gasteiger charge is -2.26. The molecule has 5 rings (SSSR count). The Hall–Kier alpha value is -4.43. The first-order chi connectivity index (χ1) is 18.9. The fraction of sp³-hybridized carbons (Fsp3) is 0.258. The van der Waals surface area contributed by atoms with Gasteiger partial charge in [-0.15, -0.1) is 0 Å². The molecule has 0 fully saturated rings. The SMILES string of the molecule is CN[C@@H](C)C(=O)Nc1cn(-c2cccc(-c3ccccc3)c2)n(CC(=O)N[C@@H]2CCCc3ccccc32)c1=O. The van der Waals surface area contributed by atoms with E-state index in [-0.39, 0.29) is 30.1 Å². The second kappa shape index (κ2) is 11.5. The molecular weight excluding hydrogens is 490 g/mol. The Labute approximate surface area is 227 Å². The molecule has 0 saturated carbocycles. The Bertz CT molecular complexity index is 1540. The zero-order valence-corrected chi connectivity index (χ0v) is 22.2. The average Bonchev–Trinajstić information content (AvgIpc) is 3.27. The molecule has 3 aromatic carbocycles. The maximum Gasteiger partial charge on any atom is 0.291 e. The molecule has 0 unspecified atom stereocenters. The van der Waals surface area contributed by atoms with Crippen molar-refractivity contribution in [3.63, 3.8) is 0 Å². The molecule has 2 amide bonds. The molecule has 39 heavy (non-hydrogen) atoms. The van der Waals surface area contributed by atoms with Crippen molar-refractivity contribution in [1.29, 1.82) is 0 Å². The van der Waals surface area contributed by atoms with E-state index in [9.17, 15) is 14.4 Å². The minimum Gasteiger partial charge on any atom is -0.348 e. The fourth-order valence-corrected chi connectivity index (χ4v) is 5.04. The van der Waals surface area contributed by atoms with Crippen molar-refractivity contribution in [2.45, 2.75) is 44.8 Å². The molecule has 8 heteroatoms. The highest BCUT2D eigenvalue weighted by Gasteiger charge is 2.24. The summed E-state index contributed by atoms with van der Waals surface area (Å²) in [6, 6.07) is 25.2. The van der Waals surface area contributed by atoms with E-state index < -0.39 is 11.6 Å². The summed E-state index contributed by atoms with van der Waals surface area (Å²) in [6.07, 6.45) is 4.41. The smallest absolute Gasteiger partial charge is 0.291 e. The summed E-state index contributed by atoms with van der Waals surface area (Å²) in [7, 11) is 1.68. The Morgan fingerprint density at radius 2 is 1.72 bits per heavy atom. The topological polar surface area (TPSA) is 97.2 Å². The highest BCUT2D eigenvalue weighted by Crippen LogP contribution is 2.29. The predicted octanol–water partition coefficient (Wildman–Crippen LogP) is 4.05. The van der Waals surface area contributed by atoms with Crippen LogP contribution in [0.3, 0.4) is 0 Å². The molecule has 0 bridgehead atoms. The van der Waals surface area contributed by atoms with Gasteiger partial charge in [0.1, 0.15) is 12.2 Å². The lowest BCUT2D eigenvalue weighted by Crippen LogP contribution is -2.38. The number of nitrogens with one attached hydrogen (secondary N) is 3. The Morgan fingerprint density at radius 1 is 0.974 bits per heavy atom. The number of rotatable bonds is 8. The number of hydrogen-bond donors (Lipinski definition) is 3. The highest BCUT2D eigenvalue weighted by molar-refractivity contribution is 5.94. The number of fused-ring (bicyclic) bond motifs is 1. The van der Waals surface area contributed by atoms with E-state index in [4.69, 9.17) is 0 Å². The molecule has 0 saturated heterocycles. The number of aryl methyl sites for hydroxylation is 1. The summed E-state index contributed by atoms with van der Waals surface area (Å²) in [5, 5.41) is 8.73. The average molecular weight is 524 g/mol. The minimum atomic E-state index is -0.489. The number of likely N-dealkylation sites (N-methyl/N-ethyl adjacent to an activating group) is 1. The maximum absolute atomic E-state index is 13.5. The quantitative estimate of drug-likeness (QED) is 0.325. The van der Waals surface area contributed by atoms with Crippen LogP contribution >= 0.6 is 0 Å². The van der Waals surface area contributed by atoms with Gasteiger partial charge in [-0.05, 0) is 67.6 Å². The molecular formula is C31H33N5O3. The summed E-state index contributed by atoms with van der Waals surface area (Å²) in [6.45, 7) is 1.52. The zero-order valence-electron chi connectivity index (χ0n) is 22.2. The molecule has 1 heterocycles. The van der Waals surface area contributed by atoms with Crippen LogP contribution in [0.2, 0.25) is 0 Å². The lowest BCUT2D eigenvalue weighted by molar-refractivity contribution is -0.123. The van der Waals surface area contributed by atoms with Gasteiger partial charge in [0.2, 0.25) is 11.8 Å². The van der Waals surface area contributed by atoms with Crippen LogP contribution < -0.4 is 21.5 Å². The minimum absolute atomic E-state index is 0.0985. The van der Waals surface area contributed by atoms with Crippen LogP contribution in [0.5, 0.6) is 0 Å². The standard InChI is InChI=1S/C31H33N5O3/c1-21(32-2)30(38)34-28-19-35(25-15-8-14-24(18-25)22-10-4-3-5-11-22)36(31(28)39)20-29(37)33-27-17-9-13-23-12-6-7-16-26(23)27/h3-8,10-12,14-16,18-19,21,27,32H,9,13,17,20H2,1-2H3,(H,33,37)(H,34,38)/t21-,27+/m0/s1. The normalized spacial score (nSPS) is 15.3. The van der Waals surface area contributed by atoms with Crippen LogP contribution in [-0.4, -0.2) is 34.3 Å². The van der Waals surface area contributed by atoms with Crippen LogP contribution in [0.4, 0.5) is 5.69 Å². The first-order valence-electron chi connectivity index (χ1n) is 13.3. The van der Waals surface area contributed by atoms with Gasteiger partial charge in [-0.2, -0.15) is 0 Å². The van der Waals surface area contributed by atoms with Gasteiger partial charge in [-0.3, -0.25) is 19.1 Å². The molecule has 4 aromatic rings. The monoisotopic (exact) mass is 523 g/mol. The van der Waals surface area contributed by atoms with Crippen LogP contribution in [0.1, 0.15) is 36.9 Å². The molecule has 0 aliphatic heterocycles. The van der Waals surface area contributed by atoms with E-state index in [0.717, 1.165) is 36.0 Å². The van der Waals surface area contributed by atoms with Gasteiger partial charge in [0, 0.05) is 0 Å². The molecule has 1 aliphatic carbocycles. The van der Waals surface area contributed by atoms with Crippen molar-refractivity contribution in [2.75, 3.05) is 12.4 Å². The van der Waals surface area contributed by atoms with E-state index in [1.165, 1.54) is 10.2 Å². The molecule has 1 aromatic heterocycles. The molecule has 2 atom stereocenters. The van der Waals surface area contributed by atoms with Crippen molar-refractivity contribution in [3.05, 3.63) is 107 Å². The Balaban J connectivity index is 1.48. The Morgan fingerprint density at radius 3 is 2.51 bits per heavy atom. The molecule has 200 valence electrons. The molecule has 0 radical (unpaired) electrons. The molecule has 0 spiro atoms. The number of amides is 2. The summed E-state index contributed by atoms with van der Waals surface area (Å²) < 4.78 is 3.01. The summed E-state index contributed by atoms with van der Waals surface area (Å²) in [4.78, 5) is 39.4. The van der Waals surface area contributed by atoms with E-state index >= 15 is 0 Å². The summed E-state index contributed by atoms with van der Waals surface area (Å²) in [5.74, 6) is -0.598. The molecule has 3 N–H and O–H groups in total. The van der Waals surface area contributed by atoms with E-state index in [0.29, 0.717) is 5.69 Å². The first kappa shape index (κ1) is 26.2. The van der Waals surface area contributed by atoms with Crippen molar-refractivity contribution in [2.24, 2.45) is 0 Å². The van der Waals surface area contributed by atoms with Crippen LogP contribution in [0, 0.1) is 0 Å². The predicted molar refractivity (Wildman–Crippen MR) is 153 cm³/mol. The van der Waals surface area contributed by atoms with Gasteiger partial charge in [-0.25, -0.2) is 4.68 Å². The number of nitrogens with zero attached hydrogens (tertiary/aromatic N) is 2. The number of carbonyl (C=O) groups is 2. The van der Waals surface area contributed by atoms with Crippen LogP contribution in [0.15, 0.2) is 89.9 Å². The van der Waals surface area contributed by atoms with Crippen molar-refractivity contribution < 1.29 is 9.59 Å². The van der Waals surface area contributed by atoms with Crippen molar-refractivity contribution in [3.8, 4) is 16.8 Å². The van der Waals surface area contributed by atoms with E-state index in [2.05, 4.69) is 28.1 Å². The van der Waals surface area contributed by atoms with Gasteiger partial charge in [0.05, 0.1) is 24.0 Å². The highest BCUT2D eigenvalue weighted by atomic mass is 16.2. The third kappa shape index (κ3) is 5.71. The van der Waals surface area contributed by atoms with Crippen molar-refractivity contribution >= 4 is 17.5 Å². The molecule has 8 nitrogen and oxygen atoms in total. The van der Waals surface area contributed by atoms with Gasteiger partial charge >= 0.3 is 0 Å². The van der Waals surface area contributed by atoms with Crippen LogP contribution in [-0.2, 0) is 22.6 Å². The van der Waals surface area contributed by atoms with Gasteiger partial charge in [0.15, 0.2) is 0 Å². The largest absolute Gasteiger partial charge is 0.348 e. The summed E-state index contributed by atoms with van der Waals surface area (Å²) >= 11 is 0. The fourth-order valence-electron chi connectivity index (χ4n) is 5.04. The van der Waals surface area contributed by atoms with E-state index in [1.54, 1.807) is 24.9 Å². The Kier molecular flexibility index (Phi) is 7.74. The van der Waals surface area contributed by atoms with Gasteiger partial charge < -0.3 is 16.0 Å². The van der Waals surface area contributed by atoms with Crippen molar-refractivity contribution in [1.82, 2.24) is 20.0 Å². The van der Waals surface area contributed by atoms with Crippen LogP contribution in [0.25, 0.3) is 16.8 Å². The lowest BCUT2D eigenvalue weighted by atomic mass is 9.88. The van der Waals surface area contributed by atoms with Gasteiger partial charge in [0.25, 0.3) is 5.56 Å². The second-order valence-electron chi connectivity index (χ2n) is 9.88. The van der Waals surface area contributed by atoms with E-state index in [1.807, 2.05) is 66.7 Å². The third-order valence-electron chi connectivity index (χ3n) is 7.28. The number of aromatic nitrogens is 2. The summed E-state index contributed by atoms with van der Waals surface area (Å²) in [5.41, 5.74) is 4.75. The first-order valence-corrected chi connectivity index (χ1v) is 13.3. The number of carbonyl (C=O) groups excluding carboxylic acids is 2. The number of benzene rings is 3. The molecule has 1 aliphatic rings. The second-order valence-corrected chi connectivity index (χ2v) is 9.88. The number of hydrogen-bond acceptors (Lipinski definition) is 4. The van der Waals surface area contributed by atoms with Gasteiger partial charge in [-0.1, -0.05) is 66.7 Å². The zero-order chi connectivity index (χ0) is 27.4.